The zero-order valence-electron chi connectivity index (χ0n) is 15.1. The number of fused-ring (bicyclic) bond motifs is 2. The first-order valence-electron chi connectivity index (χ1n) is 8.82. The lowest BCUT2D eigenvalue weighted by atomic mass is 10.0. The van der Waals surface area contributed by atoms with Crippen molar-refractivity contribution in [3.05, 3.63) is 90.5 Å². The quantitative estimate of drug-likeness (QED) is 0.384. The molecule has 0 spiro atoms. The molecular formula is C23H19N3O. The minimum atomic E-state index is -0.147. The lowest BCUT2D eigenvalue weighted by molar-refractivity contribution is -0.112. The number of benzene rings is 3. The number of para-hydroxylation sites is 1. The van der Waals surface area contributed by atoms with E-state index in [9.17, 15) is 4.79 Å². The van der Waals surface area contributed by atoms with E-state index in [0.29, 0.717) is 12.3 Å². The first kappa shape index (κ1) is 16.9. The molecule has 4 rings (SSSR count). The lowest BCUT2D eigenvalue weighted by Crippen LogP contribution is -2.30. The summed E-state index contributed by atoms with van der Waals surface area (Å²) in [5.41, 5.74) is 3.77. The maximum atomic E-state index is 12.8. The maximum Gasteiger partial charge on any atom is 0.279 e. The molecule has 3 aromatic rings. The van der Waals surface area contributed by atoms with Crippen molar-refractivity contribution < 1.29 is 4.79 Å². The molecule has 132 valence electrons. The van der Waals surface area contributed by atoms with Gasteiger partial charge in [-0.05, 0) is 35.4 Å². The topological polar surface area (TPSA) is 45.0 Å². The highest BCUT2D eigenvalue weighted by Gasteiger charge is 2.33. The summed E-state index contributed by atoms with van der Waals surface area (Å²) in [6, 6.07) is 22.0. The smallest absolute Gasteiger partial charge is 0.279 e. The summed E-state index contributed by atoms with van der Waals surface area (Å²) in [6.45, 7) is 6.08. The Bertz CT molecular complexity index is 1110. The second kappa shape index (κ2) is 7.00. The van der Waals surface area contributed by atoms with Crippen LogP contribution < -0.4 is 4.90 Å². The van der Waals surface area contributed by atoms with Crippen molar-refractivity contribution in [3.63, 3.8) is 0 Å². The number of hydrogen-bond donors (Lipinski definition) is 0. The number of amides is 1. The van der Waals surface area contributed by atoms with E-state index in [1.807, 2.05) is 49.4 Å². The molecule has 0 N–H and O–H groups in total. The van der Waals surface area contributed by atoms with Gasteiger partial charge in [0.05, 0.1) is 11.4 Å². The van der Waals surface area contributed by atoms with Gasteiger partial charge in [-0.2, -0.15) is 5.10 Å². The number of carbonyl (C=O) groups is 1. The molecule has 0 fully saturated rings. The summed E-state index contributed by atoms with van der Waals surface area (Å²) in [5, 5.41) is 11.0. The van der Waals surface area contributed by atoms with Gasteiger partial charge in [0.1, 0.15) is 0 Å². The van der Waals surface area contributed by atoms with Crippen LogP contribution in [-0.2, 0) is 4.79 Å². The van der Waals surface area contributed by atoms with Gasteiger partial charge in [0.2, 0.25) is 0 Å². The third-order valence-electron chi connectivity index (χ3n) is 4.68. The van der Waals surface area contributed by atoms with Crippen LogP contribution in [0.3, 0.4) is 0 Å². The molecule has 4 heteroatoms. The standard InChI is InChI=1S/C23H19N3O/c1-3-14-26-21-11-7-6-10-20(21)22(23(26)27)25-24-16(2)18-13-12-17-8-4-5-9-19(17)15-18/h3-13,15H,1,14H2,2H3/b24-16-,25-22-. The van der Waals surface area contributed by atoms with Crippen LogP contribution in [0.4, 0.5) is 5.69 Å². The Morgan fingerprint density at radius 1 is 1.04 bits per heavy atom. The fourth-order valence-corrected chi connectivity index (χ4v) is 3.27. The molecule has 1 heterocycles. The molecule has 0 saturated carbocycles. The molecule has 0 aromatic heterocycles. The molecule has 0 unspecified atom stereocenters. The van der Waals surface area contributed by atoms with Crippen molar-refractivity contribution >= 4 is 33.8 Å². The van der Waals surface area contributed by atoms with E-state index in [4.69, 9.17) is 0 Å². The van der Waals surface area contributed by atoms with Crippen LogP contribution in [0.2, 0.25) is 0 Å². The van der Waals surface area contributed by atoms with Gasteiger partial charge in [-0.1, -0.05) is 60.7 Å². The van der Waals surface area contributed by atoms with E-state index in [2.05, 4.69) is 41.0 Å². The Morgan fingerprint density at radius 2 is 1.78 bits per heavy atom. The highest BCUT2D eigenvalue weighted by atomic mass is 16.2. The van der Waals surface area contributed by atoms with E-state index in [-0.39, 0.29) is 5.91 Å². The number of anilines is 1. The predicted octanol–water partition coefficient (Wildman–Crippen LogP) is 4.59. The molecule has 1 aliphatic rings. The second-order valence-electron chi connectivity index (χ2n) is 6.42. The van der Waals surface area contributed by atoms with Crippen LogP contribution in [0.25, 0.3) is 10.8 Å². The third-order valence-corrected chi connectivity index (χ3v) is 4.68. The Kier molecular flexibility index (Phi) is 4.38. The van der Waals surface area contributed by atoms with E-state index in [1.54, 1.807) is 11.0 Å². The maximum absolute atomic E-state index is 12.8. The highest BCUT2D eigenvalue weighted by molar-refractivity contribution is 6.54. The van der Waals surface area contributed by atoms with E-state index >= 15 is 0 Å². The molecule has 0 radical (unpaired) electrons. The zero-order chi connectivity index (χ0) is 18.8. The lowest BCUT2D eigenvalue weighted by Gasteiger charge is -2.13. The summed E-state index contributed by atoms with van der Waals surface area (Å²) in [4.78, 5) is 14.4. The zero-order valence-corrected chi connectivity index (χ0v) is 15.1. The van der Waals surface area contributed by atoms with E-state index < -0.39 is 0 Å². The predicted molar refractivity (Wildman–Crippen MR) is 112 cm³/mol. The summed E-state index contributed by atoms with van der Waals surface area (Å²) in [7, 11) is 0. The SMILES string of the molecule is C=CCN1C(=O)/C(=N\N=C(\C)c2ccc3ccccc3c2)c2ccccc21. The minimum absolute atomic E-state index is 0.147. The molecule has 3 aromatic carbocycles. The number of rotatable bonds is 4. The van der Waals surface area contributed by atoms with Gasteiger partial charge in [0.25, 0.3) is 5.91 Å². The normalized spacial score (nSPS) is 15.4. The van der Waals surface area contributed by atoms with Crippen molar-refractivity contribution in [2.24, 2.45) is 10.2 Å². The third kappa shape index (κ3) is 3.06. The van der Waals surface area contributed by atoms with Gasteiger partial charge < -0.3 is 4.90 Å². The molecular weight excluding hydrogens is 334 g/mol. The Balaban J connectivity index is 1.72. The van der Waals surface area contributed by atoms with Crippen molar-refractivity contribution in [2.75, 3.05) is 11.4 Å². The van der Waals surface area contributed by atoms with Crippen molar-refractivity contribution in [1.82, 2.24) is 0 Å². The number of hydrogen-bond acceptors (Lipinski definition) is 3. The van der Waals surface area contributed by atoms with Gasteiger partial charge in [0, 0.05) is 12.1 Å². The number of nitrogens with zero attached hydrogens (tertiary/aromatic N) is 3. The largest absolute Gasteiger partial charge is 0.302 e. The summed E-state index contributed by atoms with van der Waals surface area (Å²) in [5.74, 6) is -0.147. The minimum Gasteiger partial charge on any atom is -0.302 e. The Morgan fingerprint density at radius 3 is 2.59 bits per heavy atom. The summed E-state index contributed by atoms with van der Waals surface area (Å²) in [6.07, 6.45) is 1.71. The van der Waals surface area contributed by atoms with Crippen LogP contribution in [0.1, 0.15) is 18.1 Å². The first-order valence-corrected chi connectivity index (χ1v) is 8.82. The molecule has 1 aliphatic heterocycles. The first-order chi connectivity index (χ1) is 13.2. The van der Waals surface area contributed by atoms with Gasteiger partial charge >= 0.3 is 0 Å². The molecule has 0 atom stereocenters. The average Bonchev–Trinajstić information content (AvgIpc) is 2.97. The molecule has 0 aliphatic carbocycles. The summed E-state index contributed by atoms with van der Waals surface area (Å²) < 4.78 is 0. The van der Waals surface area contributed by atoms with Gasteiger partial charge in [-0.15, -0.1) is 11.7 Å². The fraction of sp³-hybridized carbons (Fsp3) is 0.0870. The van der Waals surface area contributed by atoms with Gasteiger partial charge in [-0.3, -0.25) is 4.79 Å². The average molecular weight is 353 g/mol. The Labute approximate surface area is 158 Å². The van der Waals surface area contributed by atoms with E-state index in [0.717, 1.165) is 27.9 Å². The van der Waals surface area contributed by atoms with E-state index in [1.165, 1.54) is 5.39 Å². The Hall–Kier alpha value is -3.53. The van der Waals surface area contributed by atoms with Crippen molar-refractivity contribution in [2.45, 2.75) is 6.92 Å². The van der Waals surface area contributed by atoms with Crippen molar-refractivity contribution in [1.29, 1.82) is 0 Å². The number of carbonyl (C=O) groups excluding carboxylic acids is 1. The molecule has 4 nitrogen and oxygen atoms in total. The van der Waals surface area contributed by atoms with Crippen molar-refractivity contribution in [3.8, 4) is 0 Å². The second-order valence-corrected chi connectivity index (χ2v) is 6.42. The summed E-state index contributed by atoms with van der Waals surface area (Å²) >= 11 is 0. The molecule has 1 amide bonds. The van der Waals surface area contributed by atoms with Crippen LogP contribution in [0, 0.1) is 0 Å². The van der Waals surface area contributed by atoms with Crippen LogP contribution in [0.5, 0.6) is 0 Å². The van der Waals surface area contributed by atoms with Crippen LogP contribution in [-0.4, -0.2) is 23.9 Å². The fourth-order valence-electron chi connectivity index (χ4n) is 3.27. The van der Waals surface area contributed by atoms with Gasteiger partial charge in [-0.25, -0.2) is 0 Å². The monoisotopic (exact) mass is 353 g/mol. The molecule has 0 saturated heterocycles. The van der Waals surface area contributed by atoms with Crippen LogP contribution in [0.15, 0.2) is 89.6 Å². The highest BCUT2D eigenvalue weighted by Crippen LogP contribution is 2.29. The van der Waals surface area contributed by atoms with Crippen LogP contribution >= 0.6 is 0 Å². The molecule has 27 heavy (non-hydrogen) atoms. The molecule has 0 bridgehead atoms. The van der Waals surface area contributed by atoms with Gasteiger partial charge in [0.15, 0.2) is 5.71 Å².